The maximum Gasteiger partial charge on any atom is 0.0230 e. The summed E-state index contributed by atoms with van der Waals surface area (Å²) in [6.45, 7) is 4.25. The first-order valence-corrected chi connectivity index (χ1v) is 6.41. The quantitative estimate of drug-likeness (QED) is 0.800. The Morgan fingerprint density at radius 2 is 2.06 bits per heavy atom. The van der Waals surface area contributed by atoms with Crippen LogP contribution >= 0.6 is 0 Å². The van der Waals surface area contributed by atoms with Crippen LogP contribution < -0.4 is 10.6 Å². The van der Waals surface area contributed by atoms with Crippen molar-refractivity contribution in [2.75, 3.05) is 27.2 Å². The van der Waals surface area contributed by atoms with Crippen molar-refractivity contribution in [3.8, 4) is 0 Å². The highest BCUT2D eigenvalue weighted by molar-refractivity contribution is 5.27. The molecule has 0 aromatic heterocycles. The molecule has 0 amide bonds. The van der Waals surface area contributed by atoms with E-state index in [1.54, 1.807) is 0 Å². The number of hydrogen-bond acceptors (Lipinski definition) is 3. The average molecular weight is 233 g/mol. The van der Waals surface area contributed by atoms with Crippen LogP contribution in [0, 0.1) is 0 Å². The normalized spacial score (nSPS) is 20.1. The Morgan fingerprint density at radius 1 is 1.29 bits per heavy atom. The largest absolute Gasteiger partial charge is 0.315 e. The molecule has 17 heavy (non-hydrogen) atoms. The molecule has 1 fully saturated rings. The molecular weight excluding hydrogens is 210 g/mol. The molecule has 0 radical (unpaired) electrons. The lowest BCUT2D eigenvalue weighted by molar-refractivity contribution is 0.399. The zero-order valence-corrected chi connectivity index (χ0v) is 10.9. The molecule has 1 unspecified atom stereocenters. The van der Waals surface area contributed by atoms with Gasteiger partial charge in [0.1, 0.15) is 0 Å². The number of nitrogens with zero attached hydrogens (tertiary/aromatic N) is 1. The van der Waals surface area contributed by atoms with Crippen LogP contribution in [0.1, 0.15) is 17.5 Å². The third-order valence-corrected chi connectivity index (χ3v) is 3.25. The molecule has 0 aliphatic carbocycles. The van der Waals surface area contributed by atoms with Gasteiger partial charge in [-0.1, -0.05) is 24.3 Å². The fourth-order valence-electron chi connectivity index (χ4n) is 2.31. The van der Waals surface area contributed by atoms with E-state index in [1.807, 2.05) is 0 Å². The summed E-state index contributed by atoms with van der Waals surface area (Å²) in [5.41, 5.74) is 2.85. The van der Waals surface area contributed by atoms with Crippen molar-refractivity contribution in [1.29, 1.82) is 0 Å². The summed E-state index contributed by atoms with van der Waals surface area (Å²) < 4.78 is 0. The molecule has 2 N–H and O–H groups in total. The second-order valence-corrected chi connectivity index (χ2v) is 5.08. The Labute approximate surface area is 104 Å². The minimum absolute atomic E-state index is 0.641. The highest BCUT2D eigenvalue weighted by Gasteiger charge is 2.13. The predicted octanol–water partition coefficient (Wildman–Crippen LogP) is 1.20. The smallest absolute Gasteiger partial charge is 0.0230 e. The lowest BCUT2D eigenvalue weighted by Gasteiger charge is -2.16. The fourth-order valence-corrected chi connectivity index (χ4v) is 2.31. The Hall–Kier alpha value is -0.900. The minimum Gasteiger partial charge on any atom is -0.315 e. The molecule has 1 atom stereocenters. The Morgan fingerprint density at radius 3 is 2.71 bits per heavy atom. The van der Waals surface area contributed by atoms with Gasteiger partial charge in [0.05, 0.1) is 0 Å². The Bertz CT molecular complexity index is 343. The summed E-state index contributed by atoms with van der Waals surface area (Å²) in [5, 5.41) is 7.02. The fraction of sp³-hybridized carbons (Fsp3) is 0.571. The van der Waals surface area contributed by atoms with Gasteiger partial charge in [0.15, 0.2) is 0 Å². The molecule has 3 nitrogen and oxygen atoms in total. The van der Waals surface area contributed by atoms with E-state index in [-0.39, 0.29) is 0 Å². The second-order valence-electron chi connectivity index (χ2n) is 5.08. The van der Waals surface area contributed by atoms with Crippen molar-refractivity contribution in [1.82, 2.24) is 15.5 Å². The molecule has 1 heterocycles. The van der Waals surface area contributed by atoms with E-state index < -0.39 is 0 Å². The second kappa shape index (κ2) is 6.15. The highest BCUT2D eigenvalue weighted by atomic mass is 15.1. The van der Waals surface area contributed by atoms with Gasteiger partial charge in [-0.15, -0.1) is 0 Å². The first kappa shape index (κ1) is 12.6. The van der Waals surface area contributed by atoms with Crippen molar-refractivity contribution >= 4 is 0 Å². The molecule has 1 aromatic carbocycles. The summed E-state index contributed by atoms with van der Waals surface area (Å²) in [6.07, 6.45) is 1.25. The lowest BCUT2D eigenvalue weighted by atomic mass is 10.1. The van der Waals surface area contributed by atoms with Gasteiger partial charge in [0.2, 0.25) is 0 Å². The number of rotatable bonds is 5. The summed E-state index contributed by atoms with van der Waals surface area (Å²) in [5.74, 6) is 0. The maximum absolute atomic E-state index is 3.63. The zero-order valence-electron chi connectivity index (χ0n) is 10.9. The van der Waals surface area contributed by atoms with Gasteiger partial charge in [-0.3, -0.25) is 0 Å². The van der Waals surface area contributed by atoms with E-state index in [9.17, 15) is 0 Å². The van der Waals surface area contributed by atoms with E-state index in [1.165, 1.54) is 17.5 Å². The van der Waals surface area contributed by atoms with Gasteiger partial charge in [0.25, 0.3) is 0 Å². The van der Waals surface area contributed by atoms with E-state index in [0.717, 1.165) is 26.2 Å². The van der Waals surface area contributed by atoms with Crippen LogP contribution in [0.25, 0.3) is 0 Å². The van der Waals surface area contributed by atoms with Crippen molar-refractivity contribution in [3.05, 3.63) is 35.4 Å². The molecule has 1 aliphatic rings. The van der Waals surface area contributed by atoms with Crippen LogP contribution in [0.4, 0.5) is 0 Å². The third-order valence-electron chi connectivity index (χ3n) is 3.25. The molecule has 0 saturated carbocycles. The number of benzene rings is 1. The van der Waals surface area contributed by atoms with Crippen LogP contribution in [0.3, 0.4) is 0 Å². The maximum atomic E-state index is 3.63. The van der Waals surface area contributed by atoms with Crippen molar-refractivity contribution in [2.24, 2.45) is 0 Å². The molecule has 3 heteroatoms. The first-order valence-electron chi connectivity index (χ1n) is 6.41. The summed E-state index contributed by atoms with van der Waals surface area (Å²) in [7, 11) is 4.23. The SMILES string of the molecule is CN(C)Cc1ccccc1CNC1CCNC1. The zero-order chi connectivity index (χ0) is 12.1. The van der Waals surface area contributed by atoms with Crippen molar-refractivity contribution in [2.45, 2.75) is 25.6 Å². The van der Waals surface area contributed by atoms with Crippen LogP contribution in [-0.2, 0) is 13.1 Å². The van der Waals surface area contributed by atoms with Crippen LogP contribution in [0.5, 0.6) is 0 Å². The Kier molecular flexibility index (Phi) is 4.54. The summed E-state index contributed by atoms with van der Waals surface area (Å²) >= 11 is 0. The lowest BCUT2D eigenvalue weighted by Crippen LogP contribution is -2.30. The van der Waals surface area contributed by atoms with Gasteiger partial charge in [-0.05, 0) is 38.2 Å². The molecular formula is C14H23N3. The Balaban J connectivity index is 1.94. The summed E-state index contributed by atoms with van der Waals surface area (Å²) in [6, 6.07) is 9.35. The molecule has 2 rings (SSSR count). The first-order chi connectivity index (χ1) is 8.25. The van der Waals surface area contributed by atoms with Gasteiger partial charge < -0.3 is 15.5 Å². The van der Waals surface area contributed by atoms with Crippen LogP contribution in [0.15, 0.2) is 24.3 Å². The monoisotopic (exact) mass is 233 g/mol. The highest BCUT2D eigenvalue weighted by Crippen LogP contribution is 2.11. The minimum atomic E-state index is 0.641. The van der Waals surface area contributed by atoms with E-state index in [2.05, 4.69) is 53.9 Å². The molecule has 0 bridgehead atoms. The molecule has 1 aliphatic heterocycles. The van der Waals surface area contributed by atoms with E-state index in [4.69, 9.17) is 0 Å². The standard InChI is InChI=1S/C14H23N3/c1-17(2)11-13-6-4-3-5-12(13)9-16-14-7-8-15-10-14/h3-6,14-16H,7-11H2,1-2H3. The molecule has 94 valence electrons. The van der Waals surface area contributed by atoms with Gasteiger partial charge in [0, 0.05) is 25.7 Å². The van der Waals surface area contributed by atoms with Gasteiger partial charge >= 0.3 is 0 Å². The van der Waals surface area contributed by atoms with E-state index >= 15 is 0 Å². The van der Waals surface area contributed by atoms with Crippen molar-refractivity contribution in [3.63, 3.8) is 0 Å². The molecule has 1 aromatic rings. The predicted molar refractivity (Wildman–Crippen MR) is 71.9 cm³/mol. The number of nitrogens with one attached hydrogen (secondary N) is 2. The average Bonchev–Trinajstić information content (AvgIpc) is 2.80. The topological polar surface area (TPSA) is 27.3 Å². The van der Waals surface area contributed by atoms with Crippen molar-refractivity contribution < 1.29 is 0 Å². The number of hydrogen-bond donors (Lipinski definition) is 2. The van der Waals surface area contributed by atoms with Gasteiger partial charge in [-0.2, -0.15) is 0 Å². The summed E-state index contributed by atoms with van der Waals surface area (Å²) in [4.78, 5) is 2.22. The molecule has 0 spiro atoms. The third kappa shape index (κ3) is 3.80. The molecule has 1 saturated heterocycles. The van der Waals surface area contributed by atoms with E-state index in [0.29, 0.717) is 6.04 Å². The van der Waals surface area contributed by atoms with Crippen LogP contribution in [-0.4, -0.2) is 38.1 Å². The van der Waals surface area contributed by atoms with Gasteiger partial charge in [-0.25, -0.2) is 0 Å². The van der Waals surface area contributed by atoms with Crippen LogP contribution in [0.2, 0.25) is 0 Å².